The highest BCUT2D eigenvalue weighted by Crippen LogP contribution is 2.30. The molecule has 2 atom stereocenters. The fourth-order valence-corrected chi connectivity index (χ4v) is 3.48. The number of halogens is 2. The number of nitrogens with zero attached hydrogens (tertiary/aromatic N) is 3. The Bertz CT molecular complexity index is 834. The van der Waals surface area contributed by atoms with E-state index < -0.39 is 18.4 Å². The van der Waals surface area contributed by atoms with Crippen molar-refractivity contribution in [2.24, 2.45) is 4.99 Å². The molecule has 0 radical (unpaired) electrons. The van der Waals surface area contributed by atoms with Gasteiger partial charge in [0.25, 0.3) is 0 Å². The molecule has 0 saturated carbocycles. The number of piperazine rings is 1. The van der Waals surface area contributed by atoms with E-state index in [2.05, 4.69) is 27.1 Å². The number of carbonyl (C=O) groups is 1. The van der Waals surface area contributed by atoms with E-state index in [9.17, 15) is 9.18 Å². The molecule has 0 bridgehead atoms. The third kappa shape index (κ3) is 4.34. The van der Waals surface area contributed by atoms with E-state index in [0.29, 0.717) is 21.9 Å². The number of nitrogens with one attached hydrogen (secondary N) is 2. The maximum Gasteiger partial charge on any atom is 0.413 e. The number of cyclic esters (lactones) is 1. The van der Waals surface area contributed by atoms with Crippen LogP contribution in [0, 0.1) is 0 Å². The Hall–Kier alpha value is -2.45. The van der Waals surface area contributed by atoms with Gasteiger partial charge in [-0.15, -0.1) is 0 Å². The summed E-state index contributed by atoms with van der Waals surface area (Å²) < 4.78 is 19.4. The van der Waals surface area contributed by atoms with Crippen molar-refractivity contribution >= 4 is 34.9 Å². The molecule has 3 rings (SSSR count). The number of aliphatic imine (C=N–C) groups is 1. The average molecular weight is 408 g/mol. The predicted octanol–water partition coefficient (Wildman–Crippen LogP) is 2.93. The van der Waals surface area contributed by atoms with Gasteiger partial charge in [-0.2, -0.15) is 0 Å². The molecule has 2 N–H and O–H groups in total. The van der Waals surface area contributed by atoms with Crippen LogP contribution in [0.2, 0.25) is 5.02 Å². The molecule has 1 aromatic rings. The lowest BCUT2D eigenvalue weighted by atomic mass is 9.96. The van der Waals surface area contributed by atoms with Gasteiger partial charge in [-0.1, -0.05) is 18.2 Å². The summed E-state index contributed by atoms with van der Waals surface area (Å²) in [4.78, 5) is 22.7. The molecule has 1 aromatic heterocycles. The molecule has 9 heteroatoms. The van der Waals surface area contributed by atoms with Gasteiger partial charge in [0, 0.05) is 43.0 Å². The van der Waals surface area contributed by atoms with Crippen molar-refractivity contribution in [2.75, 3.05) is 31.1 Å². The van der Waals surface area contributed by atoms with Gasteiger partial charge in [0.1, 0.15) is 17.8 Å². The number of rotatable bonds is 4. The highest BCUT2D eigenvalue weighted by Gasteiger charge is 2.36. The fourth-order valence-electron chi connectivity index (χ4n) is 3.28. The molecule has 1 amide bonds. The normalized spacial score (nSPS) is 24.4. The number of allylic oxidation sites excluding steroid dienone is 1. The van der Waals surface area contributed by atoms with Gasteiger partial charge >= 0.3 is 6.09 Å². The molecule has 28 heavy (non-hydrogen) atoms. The molecular weight excluding hydrogens is 385 g/mol. The topological polar surface area (TPSA) is 78.8 Å². The highest BCUT2D eigenvalue weighted by molar-refractivity contribution is 6.31. The zero-order valence-corrected chi connectivity index (χ0v) is 16.6. The molecule has 2 aliphatic heterocycles. The Labute approximate surface area is 168 Å². The predicted molar refractivity (Wildman–Crippen MR) is 109 cm³/mol. The van der Waals surface area contributed by atoms with E-state index in [4.69, 9.17) is 21.3 Å². The van der Waals surface area contributed by atoms with E-state index in [0.717, 1.165) is 32.0 Å². The number of amidine groups is 1. The van der Waals surface area contributed by atoms with Crippen LogP contribution in [0.4, 0.5) is 15.0 Å². The molecule has 2 fully saturated rings. The van der Waals surface area contributed by atoms with Gasteiger partial charge in [0.2, 0.25) is 0 Å². The zero-order valence-electron chi connectivity index (χ0n) is 15.8. The molecule has 2 aliphatic rings. The smallest absolute Gasteiger partial charge is 0.413 e. The lowest BCUT2D eigenvalue weighted by Gasteiger charge is -2.31. The van der Waals surface area contributed by atoms with Crippen molar-refractivity contribution in [3.05, 3.63) is 41.2 Å². The lowest BCUT2D eigenvalue weighted by molar-refractivity contribution is 0.0721. The van der Waals surface area contributed by atoms with E-state index in [1.54, 1.807) is 13.0 Å². The monoisotopic (exact) mass is 407 g/mol. The molecule has 0 aromatic carbocycles. The van der Waals surface area contributed by atoms with Crippen molar-refractivity contribution in [2.45, 2.75) is 26.1 Å². The number of hydrogen-bond acceptors (Lipinski definition) is 6. The quantitative estimate of drug-likeness (QED) is 0.802. The third-order valence-corrected chi connectivity index (χ3v) is 4.86. The number of ether oxygens (including phenoxy) is 1. The van der Waals surface area contributed by atoms with Crippen LogP contribution in [0.25, 0.3) is 5.57 Å². The van der Waals surface area contributed by atoms with Gasteiger partial charge < -0.3 is 15.0 Å². The van der Waals surface area contributed by atoms with Gasteiger partial charge in [0.15, 0.2) is 6.10 Å². The summed E-state index contributed by atoms with van der Waals surface area (Å²) >= 11 is 6.35. The molecule has 0 spiro atoms. The molecule has 2 saturated heterocycles. The van der Waals surface area contributed by atoms with E-state index in [-0.39, 0.29) is 5.84 Å². The molecule has 0 aliphatic carbocycles. The van der Waals surface area contributed by atoms with E-state index >= 15 is 0 Å². The van der Waals surface area contributed by atoms with Crippen LogP contribution in [-0.4, -0.2) is 55.4 Å². The maximum absolute atomic E-state index is 14.3. The van der Waals surface area contributed by atoms with Crippen molar-refractivity contribution in [3.63, 3.8) is 0 Å². The number of anilines is 1. The Balaban J connectivity index is 2.09. The first-order valence-corrected chi connectivity index (χ1v) is 9.43. The lowest BCUT2D eigenvalue weighted by Crippen LogP contribution is -2.48. The number of hydrogen-bond donors (Lipinski definition) is 2. The molecule has 3 heterocycles. The van der Waals surface area contributed by atoms with E-state index in [1.165, 1.54) is 13.1 Å². The molecular formula is C19H23ClFN5O2. The Morgan fingerprint density at radius 3 is 2.86 bits per heavy atom. The van der Waals surface area contributed by atoms with Crippen molar-refractivity contribution in [1.29, 1.82) is 0 Å². The minimum atomic E-state index is -1.43. The van der Waals surface area contributed by atoms with Crippen LogP contribution in [0.5, 0.6) is 0 Å². The first kappa shape index (κ1) is 20.3. The molecule has 150 valence electrons. The number of aromatic nitrogens is 1. The van der Waals surface area contributed by atoms with Crippen molar-refractivity contribution in [3.8, 4) is 0 Å². The number of carbonyl (C=O) groups excluding carboxylic acids is 1. The largest absolute Gasteiger partial charge is 0.438 e. The number of amides is 1. The Morgan fingerprint density at radius 1 is 1.50 bits per heavy atom. The van der Waals surface area contributed by atoms with Crippen molar-refractivity contribution < 1.29 is 13.9 Å². The van der Waals surface area contributed by atoms with Crippen LogP contribution >= 0.6 is 11.6 Å². The first-order valence-electron chi connectivity index (χ1n) is 9.06. The van der Waals surface area contributed by atoms with Gasteiger partial charge in [0.05, 0.1) is 5.69 Å². The van der Waals surface area contributed by atoms with Crippen molar-refractivity contribution in [1.82, 2.24) is 15.6 Å². The zero-order chi connectivity index (χ0) is 20.3. The van der Waals surface area contributed by atoms with Gasteiger partial charge in [-0.3, -0.25) is 5.32 Å². The van der Waals surface area contributed by atoms with Gasteiger partial charge in [-0.25, -0.2) is 19.2 Å². The average Bonchev–Trinajstić information content (AvgIpc) is 2.67. The number of alkyl halides is 1. The summed E-state index contributed by atoms with van der Waals surface area (Å²) in [6.07, 6.45) is -2.01. The summed E-state index contributed by atoms with van der Waals surface area (Å²) in [6.45, 7) is 10.0. The van der Waals surface area contributed by atoms with Crippen LogP contribution in [0.15, 0.2) is 35.5 Å². The van der Waals surface area contributed by atoms with Crippen LogP contribution in [0.1, 0.15) is 19.5 Å². The highest BCUT2D eigenvalue weighted by atomic mass is 35.5. The number of alkyl carbamates (subject to hydrolysis) is 1. The summed E-state index contributed by atoms with van der Waals surface area (Å²) in [5, 5.41) is 6.32. The summed E-state index contributed by atoms with van der Waals surface area (Å²) in [6, 6.07) is 3.51. The van der Waals surface area contributed by atoms with Gasteiger partial charge in [-0.05, 0) is 31.6 Å². The second-order valence-electron chi connectivity index (χ2n) is 6.59. The maximum atomic E-state index is 14.3. The van der Waals surface area contributed by atoms with Crippen LogP contribution in [-0.2, 0) is 4.74 Å². The van der Waals surface area contributed by atoms with Crippen LogP contribution in [0.3, 0.4) is 0 Å². The Morgan fingerprint density at radius 2 is 2.21 bits per heavy atom. The summed E-state index contributed by atoms with van der Waals surface area (Å²) in [7, 11) is 0. The number of pyridine rings is 1. The van der Waals surface area contributed by atoms with Crippen LogP contribution < -0.4 is 15.5 Å². The SMILES string of the molecule is C=CN=C1NC(=O)OC(C(C)F)/C1=C(/C)c1cc(Cl)cc(N2CCNCC2)n1. The Kier molecular flexibility index (Phi) is 6.31. The minimum Gasteiger partial charge on any atom is -0.438 e. The fraction of sp³-hybridized carbons (Fsp3) is 0.421. The third-order valence-electron chi connectivity index (χ3n) is 4.64. The van der Waals surface area contributed by atoms with E-state index in [1.807, 2.05) is 6.07 Å². The second-order valence-corrected chi connectivity index (χ2v) is 7.03. The first-order chi connectivity index (χ1) is 13.4. The summed E-state index contributed by atoms with van der Waals surface area (Å²) in [5.41, 5.74) is 1.60. The second kappa shape index (κ2) is 8.70. The summed E-state index contributed by atoms with van der Waals surface area (Å²) in [5.74, 6) is 0.945. The standard InChI is InChI=1S/C19H23ClFN5O2/c1-4-23-18-16(17(12(3)21)28-19(27)25-18)11(2)14-9-13(20)10-15(24-14)26-7-5-22-6-8-26/h4,9-10,12,17,22H,1,5-8H2,2-3H3,(H,23,25,27)/b16-11+. The minimum absolute atomic E-state index is 0.198. The molecule has 2 unspecified atom stereocenters. The molecule has 7 nitrogen and oxygen atoms in total.